The third-order valence-electron chi connectivity index (χ3n) is 4.01. The molecule has 2 aromatic heterocycles. The third-order valence-corrected chi connectivity index (χ3v) is 7.29. The summed E-state index contributed by atoms with van der Waals surface area (Å²) in [5, 5.41) is 8.82. The van der Waals surface area contributed by atoms with Crippen LogP contribution in [0.25, 0.3) is 0 Å². The molecule has 0 aliphatic carbocycles. The molecule has 0 aromatic carbocycles. The second-order valence-electron chi connectivity index (χ2n) is 5.73. The van der Waals surface area contributed by atoms with E-state index in [0.29, 0.717) is 32.4 Å². The smallest absolute Gasteiger partial charge is 0.253 e. The Labute approximate surface area is 145 Å². The lowest BCUT2D eigenvalue weighted by Crippen LogP contribution is -2.46. The molecule has 1 saturated heterocycles. The molecule has 0 saturated carbocycles. The maximum Gasteiger partial charge on any atom is 0.253 e. The number of thiophene rings is 1. The van der Waals surface area contributed by atoms with Crippen molar-refractivity contribution in [2.45, 2.75) is 29.5 Å². The van der Waals surface area contributed by atoms with Crippen molar-refractivity contribution in [1.82, 2.24) is 19.4 Å². The SMILES string of the molecule is Cn1ccc(CCNC(=O)C2CCCN2S(=O)(=O)c2cccs2)n1. The quantitative estimate of drug-likeness (QED) is 0.824. The van der Waals surface area contributed by atoms with E-state index < -0.39 is 16.1 Å². The summed E-state index contributed by atoms with van der Waals surface area (Å²) in [6.45, 7) is 0.831. The molecule has 1 atom stereocenters. The standard InChI is InChI=1S/C15H20N4O3S2/c1-18-10-7-12(17-18)6-8-16-15(20)13-4-2-9-19(13)24(21,22)14-5-3-11-23-14/h3,5,7,10-11,13H,2,4,6,8-9H2,1H3,(H,16,20). The van der Waals surface area contributed by atoms with Crippen molar-refractivity contribution in [3.63, 3.8) is 0 Å². The highest BCUT2D eigenvalue weighted by Gasteiger charge is 2.39. The predicted molar refractivity (Wildman–Crippen MR) is 91.2 cm³/mol. The van der Waals surface area contributed by atoms with Crippen molar-refractivity contribution in [1.29, 1.82) is 0 Å². The molecule has 1 unspecified atom stereocenters. The number of amides is 1. The molecule has 1 aliphatic rings. The number of carbonyl (C=O) groups excluding carboxylic acids is 1. The Morgan fingerprint density at radius 2 is 2.29 bits per heavy atom. The minimum absolute atomic E-state index is 0.233. The first-order valence-electron chi connectivity index (χ1n) is 7.80. The number of aryl methyl sites for hydroxylation is 1. The molecule has 3 heterocycles. The van der Waals surface area contributed by atoms with Gasteiger partial charge in [-0.2, -0.15) is 9.40 Å². The highest BCUT2D eigenvalue weighted by Crippen LogP contribution is 2.28. The summed E-state index contributed by atoms with van der Waals surface area (Å²) >= 11 is 1.18. The lowest BCUT2D eigenvalue weighted by atomic mass is 10.2. The summed E-state index contributed by atoms with van der Waals surface area (Å²) in [6.07, 6.45) is 3.73. The molecule has 1 aliphatic heterocycles. The van der Waals surface area contributed by atoms with Crippen LogP contribution >= 0.6 is 11.3 Å². The summed E-state index contributed by atoms with van der Waals surface area (Å²) < 4.78 is 28.6. The fraction of sp³-hybridized carbons (Fsp3) is 0.467. The summed E-state index contributed by atoms with van der Waals surface area (Å²) in [7, 11) is -1.75. The number of sulfonamides is 1. The number of aromatic nitrogens is 2. The zero-order chi connectivity index (χ0) is 17.2. The van der Waals surface area contributed by atoms with Gasteiger partial charge in [0.25, 0.3) is 10.0 Å². The maximum atomic E-state index is 12.7. The molecule has 0 spiro atoms. The molecular formula is C15H20N4O3S2. The van der Waals surface area contributed by atoms with E-state index in [0.717, 1.165) is 5.69 Å². The highest BCUT2D eigenvalue weighted by molar-refractivity contribution is 7.91. The number of hydrogen-bond donors (Lipinski definition) is 1. The van der Waals surface area contributed by atoms with Gasteiger partial charge >= 0.3 is 0 Å². The molecule has 24 heavy (non-hydrogen) atoms. The number of nitrogens with one attached hydrogen (secondary N) is 1. The second-order valence-corrected chi connectivity index (χ2v) is 8.79. The molecule has 9 heteroatoms. The van der Waals surface area contributed by atoms with Crippen molar-refractivity contribution < 1.29 is 13.2 Å². The number of nitrogens with zero attached hydrogens (tertiary/aromatic N) is 3. The summed E-state index contributed by atoms with van der Waals surface area (Å²) in [4.78, 5) is 12.4. The number of carbonyl (C=O) groups is 1. The maximum absolute atomic E-state index is 12.7. The third kappa shape index (κ3) is 3.52. The van der Waals surface area contributed by atoms with Crippen LogP contribution in [0.15, 0.2) is 34.0 Å². The molecule has 1 N–H and O–H groups in total. The van der Waals surface area contributed by atoms with Crippen LogP contribution < -0.4 is 5.32 Å². The van der Waals surface area contributed by atoms with Crippen LogP contribution in [-0.4, -0.2) is 47.5 Å². The van der Waals surface area contributed by atoms with E-state index in [1.807, 2.05) is 19.3 Å². The topological polar surface area (TPSA) is 84.3 Å². The van der Waals surface area contributed by atoms with Crippen molar-refractivity contribution in [2.24, 2.45) is 7.05 Å². The lowest BCUT2D eigenvalue weighted by molar-refractivity contribution is -0.124. The first-order chi connectivity index (χ1) is 11.5. The molecule has 1 fully saturated rings. The first kappa shape index (κ1) is 17.1. The van der Waals surface area contributed by atoms with Crippen molar-refractivity contribution >= 4 is 27.3 Å². The summed E-state index contributed by atoms with van der Waals surface area (Å²) in [5.41, 5.74) is 0.896. The van der Waals surface area contributed by atoms with E-state index in [1.54, 1.807) is 22.2 Å². The second kappa shape index (κ2) is 7.04. The molecule has 0 bridgehead atoms. The monoisotopic (exact) mass is 368 g/mol. The summed E-state index contributed by atoms with van der Waals surface area (Å²) in [5.74, 6) is -0.233. The van der Waals surface area contributed by atoms with Gasteiger partial charge in [0.05, 0.1) is 5.69 Å². The highest BCUT2D eigenvalue weighted by atomic mass is 32.2. The van der Waals surface area contributed by atoms with Gasteiger partial charge in [-0.1, -0.05) is 6.07 Å². The fourth-order valence-electron chi connectivity index (χ4n) is 2.84. The van der Waals surface area contributed by atoms with Crippen LogP contribution in [-0.2, 0) is 28.3 Å². The average Bonchev–Trinajstić information content (AvgIpc) is 3.29. The van der Waals surface area contributed by atoms with E-state index in [4.69, 9.17) is 0 Å². The van der Waals surface area contributed by atoms with Crippen molar-refractivity contribution in [3.8, 4) is 0 Å². The van der Waals surface area contributed by atoms with Crippen LogP contribution in [0.3, 0.4) is 0 Å². The lowest BCUT2D eigenvalue weighted by Gasteiger charge is -2.22. The van der Waals surface area contributed by atoms with Gasteiger partial charge in [-0.15, -0.1) is 11.3 Å². The van der Waals surface area contributed by atoms with E-state index in [1.165, 1.54) is 15.6 Å². The Bertz CT molecular complexity index is 799. The Morgan fingerprint density at radius 1 is 1.46 bits per heavy atom. The molecule has 7 nitrogen and oxygen atoms in total. The largest absolute Gasteiger partial charge is 0.354 e. The van der Waals surface area contributed by atoms with E-state index in [9.17, 15) is 13.2 Å². The van der Waals surface area contributed by atoms with Crippen molar-refractivity contribution in [3.05, 3.63) is 35.5 Å². The molecule has 2 aromatic rings. The first-order valence-corrected chi connectivity index (χ1v) is 10.1. The fourth-order valence-corrected chi connectivity index (χ4v) is 5.62. The van der Waals surface area contributed by atoms with Crippen LogP contribution in [0.1, 0.15) is 18.5 Å². The van der Waals surface area contributed by atoms with Gasteiger partial charge in [0, 0.05) is 32.8 Å². The van der Waals surface area contributed by atoms with Crippen LogP contribution in [0.5, 0.6) is 0 Å². The van der Waals surface area contributed by atoms with Gasteiger partial charge in [-0.25, -0.2) is 8.42 Å². The minimum atomic E-state index is -3.59. The van der Waals surface area contributed by atoms with E-state index in [-0.39, 0.29) is 10.1 Å². The van der Waals surface area contributed by atoms with E-state index >= 15 is 0 Å². The van der Waals surface area contributed by atoms with Crippen molar-refractivity contribution in [2.75, 3.05) is 13.1 Å². The molecule has 3 rings (SSSR count). The van der Waals surface area contributed by atoms with Gasteiger partial charge < -0.3 is 5.32 Å². The zero-order valence-corrected chi connectivity index (χ0v) is 15.0. The molecule has 1 amide bonds. The normalized spacial score (nSPS) is 18.8. The van der Waals surface area contributed by atoms with Gasteiger partial charge in [0.15, 0.2) is 0 Å². The number of hydrogen-bond acceptors (Lipinski definition) is 5. The minimum Gasteiger partial charge on any atom is -0.354 e. The van der Waals surface area contributed by atoms with E-state index in [2.05, 4.69) is 10.4 Å². The van der Waals surface area contributed by atoms with Crippen LogP contribution in [0, 0.1) is 0 Å². The van der Waals surface area contributed by atoms with Gasteiger partial charge in [-0.05, 0) is 30.4 Å². The van der Waals surface area contributed by atoms with Crippen LogP contribution in [0.4, 0.5) is 0 Å². The van der Waals surface area contributed by atoms with Gasteiger partial charge in [0.1, 0.15) is 10.3 Å². The average molecular weight is 368 g/mol. The Balaban J connectivity index is 1.61. The van der Waals surface area contributed by atoms with Gasteiger partial charge in [0.2, 0.25) is 5.91 Å². The van der Waals surface area contributed by atoms with Crippen LogP contribution in [0.2, 0.25) is 0 Å². The number of rotatable bonds is 6. The molecular weight excluding hydrogens is 348 g/mol. The predicted octanol–water partition coefficient (Wildman–Crippen LogP) is 0.994. The Kier molecular flexibility index (Phi) is 5.02. The Hall–Kier alpha value is -1.71. The molecule has 0 radical (unpaired) electrons. The Morgan fingerprint density at radius 3 is 2.96 bits per heavy atom. The van der Waals surface area contributed by atoms with Gasteiger partial charge in [-0.3, -0.25) is 9.48 Å². The summed E-state index contributed by atoms with van der Waals surface area (Å²) in [6, 6.07) is 4.56. The zero-order valence-electron chi connectivity index (χ0n) is 13.4. The molecule has 130 valence electrons.